The second kappa shape index (κ2) is 9.06. The fourth-order valence-corrected chi connectivity index (χ4v) is 3.83. The molecule has 2 aromatic heterocycles. The van der Waals surface area contributed by atoms with Crippen molar-refractivity contribution in [2.75, 3.05) is 7.11 Å². The van der Waals surface area contributed by atoms with Crippen LogP contribution in [-0.2, 0) is 16.1 Å². The van der Waals surface area contributed by atoms with Crippen LogP contribution in [0.5, 0.6) is 11.5 Å². The number of methoxy groups -OCH3 is 1. The molecular formula is C22H19N3O6S. The summed E-state index contributed by atoms with van der Waals surface area (Å²) in [6.45, 7) is 2.01. The van der Waals surface area contributed by atoms with E-state index in [1.54, 1.807) is 11.3 Å². The van der Waals surface area contributed by atoms with E-state index < -0.39 is 17.9 Å². The van der Waals surface area contributed by atoms with Crippen LogP contribution in [-0.4, -0.2) is 34.2 Å². The van der Waals surface area contributed by atoms with Gasteiger partial charge in [0.25, 0.3) is 5.91 Å². The van der Waals surface area contributed by atoms with Gasteiger partial charge >= 0.3 is 5.97 Å². The van der Waals surface area contributed by atoms with Crippen molar-refractivity contribution in [3.05, 3.63) is 70.6 Å². The van der Waals surface area contributed by atoms with Gasteiger partial charge in [-0.05, 0) is 36.8 Å². The van der Waals surface area contributed by atoms with Crippen LogP contribution in [0.25, 0.3) is 10.2 Å². The highest BCUT2D eigenvalue weighted by Crippen LogP contribution is 2.26. The Morgan fingerprint density at radius 3 is 2.72 bits per heavy atom. The minimum atomic E-state index is -1.07. The minimum absolute atomic E-state index is 0.0122. The zero-order valence-corrected chi connectivity index (χ0v) is 18.0. The summed E-state index contributed by atoms with van der Waals surface area (Å²) in [6.07, 6.45) is 0. The molecule has 0 radical (unpaired) electrons. The molecule has 2 heterocycles. The van der Waals surface area contributed by atoms with Crippen molar-refractivity contribution < 1.29 is 28.7 Å². The lowest BCUT2D eigenvalue weighted by Gasteiger charge is -2.16. The molecule has 0 aliphatic heterocycles. The quantitative estimate of drug-likeness (QED) is 0.407. The Labute approximate surface area is 186 Å². The maximum absolute atomic E-state index is 12.6. The number of phenolic OH excluding ortho intramolecular Hbond substituents is 1. The number of amides is 1. The molecular weight excluding hydrogens is 434 g/mol. The first-order valence-corrected chi connectivity index (χ1v) is 10.4. The van der Waals surface area contributed by atoms with Gasteiger partial charge in [-0.25, -0.2) is 9.78 Å². The molecule has 1 amide bonds. The Hall–Kier alpha value is -3.92. The molecule has 0 saturated heterocycles. The number of fused-ring (bicyclic) bond motifs is 1. The van der Waals surface area contributed by atoms with Crippen LogP contribution in [0.2, 0.25) is 0 Å². The average molecular weight is 453 g/mol. The van der Waals surface area contributed by atoms with E-state index in [0.29, 0.717) is 17.1 Å². The lowest BCUT2D eigenvalue weighted by molar-refractivity contribution is -0.143. The van der Waals surface area contributed by atoms with Gasteiger partial charge in [-0.2, -0.15) is 0 Å². The number of carbonyl (C=O) groups is 2. The van der Waals surface area contributed by atoms with E-state index in [4.69, 9.17) is 14.0 Å². The van der Waals surface area contributed by atoms with E-state index in [1.165, 1.54) is 37.4 Å². The summed E-state index contributed by atoms with van der Waals surface area (Å²) in [5.74, 6) is -0.298. The van der Waals surface area contributed by atoms with Gasteiger partial charge in [0.15, 0.2) is 17.5 Å². The number of phenols is 1. The van der Waals surface area contributed by atoms with Crippen molar-refractivity contribution in [1.29, 1.82) is 0 Å². The smallest absolute Gasteiger partial charge is 0.333 e. The van der Waals surface area contributed by atoms with Gasteiger partial charge in [0, 0.05) is 12.1 Å². The first-order valence-electron chi connectivity index (χ1n) is 9.56. The molecule has 0 fully saturated rings. The van der Waals surface area contributed by atoms with Crippen molar-refractivity contribution >= 4 is 33.4 Å². The Balaban J connectivity index is 1.42. The maximum atomic E-state index is 12.6. The molecule has 9 nitrogen and oxygen atoms in total. The van der Waals surface area contributed by atoms with Gasteiger partial charge in [0.1, 0.15) is 18.1 Å². The molecule has 2 N–H and O–H groups in total. The Morgan fingerprint density at radius 1 is 1.19 bits per heavy atom. The second-order valence-electron chi connectivity index (χ2n) is 6.85. The van der Waals surface area contributed by atoms with E-state index in [2.05, 4.69) is 15.5 Å². The SMILES string of the molecule is COC(=O)[C@@H](NC(=O)c1cc(COc2ccc3sc(C)nc3c2)on1)c1ccc(O)cc1. The summed E-state index contributed by atoms with van der Waals surface area (Å²) in [5, 5.41) is 16.7. The summed E-state index contributed by atoms with van der Waals surface area (Å²) in [4.78, 5) is 29.2. The fourth-order valence-electron chi connectivity index (χ4n) is 3.02. The second-order valence-corrected chi connectivity index (χ2v) is 8.09. The van der Waals surface area contributed by atoms with Crippen LogP contribution in [0, 0.1) is 6.92 Å². The van der Waals surface area contributed by atoms with Crippen LogP contribution >= 0.6 is 11.3 Å². The molecule has 4 aromatic rings. The highest BCUT2D eigenvalue weighted by molar-refractivity contribution is 7.18. The predicted octanol–water partition coefficient (Wildman–Crippen LogP) is 3.52. The van der Waals surface area contributed by atoms with Gasteiger partial charge in [0.05, 0.1) is 22.3 Å². The summed E-state index contributed by atoms with van der Waals surface area (Å²) in [6, 6.07) is 11.8. The lowest BCUT2D eigenvalue weighted by atomic mass is 10.1. The van der Waals surface area contributed by atoms with E-state index in [-0.39, 0.29) is 18.1 Å². The normalized spacial score (nSPS) is 11.8. The molecule has 0 bridgehead atoms. The van der Waals surface area contributed by atoms with Crippen LogP contribution in [0.15, 0.2) is 53.1 Å². The number of hydrogen-bond acceptors (Lipinski definition) is 9. The van der Waals surface area contributed by atoms with Gasteiger partial charge < -0.3 is 24.4 Å². The first kappa shape index (κ1) is 21.3. The van der Waals surface area contributed by atoms with E-state index in [1.807, 2.05) is 25.1 Å². The molecule has 0 spiro atoms. The van der Waals surface area contributed by atoms with Crippen molar-refractivity contribution in [3.8, 4) is 11.5 Å². The Morgan fingerprint density at radius 2 is 1.97 bits per heavy atom. The number of aryl methyl sites for hydroxylation is 1. The zero-order chi connectivity index (χ0) is 22.7. The Kier molecular flexibility index (Phi) is 6.04. The van der Waals surface area contributed by atoms with Crippen LogP contribution in [0.1, 0.15) is 32.9 Å². The molecule has 2 aromatic carbocycles. The zero-order valence-electron chi connectivity index (χ0n) is 17.2. The number of hydrogen-bond donors (Lipinski definition) is 2. The van der Waals surface area contributed by atoms with Gasteiger partial charge in [-0.15, -0.1) is 11.3 Å². The number of carbonyl (C=O) groups excluding carboxylic acids is 2. The molecule has 4 rings (SSSR count). The number of nitrogens with zero attached hydrogens (tertiary/aromatic N) is 2. The Bertz CT molecular complexity index is 1260. The monoisotopic (exact) mass is 453 g/mol. The van der Waals surface area contributed by atoms with E-state index in [0.717, 1.165) is 15.2 Å². The number of rotatable bonds is 7. The number of ether oxygens (including phenoxy) is 2. The third-order valence-corrected chi connectivity index (χ3v) is 5.53. The first-order chi connectivity index (χ1) is 15.4. The number of aromatic hydroxyl groups is 1. The highest BCUT2D eigenvalue weighted by Gasteiger charge is 2.25. The molecule has 10 heteroatoms. The topological polar surface area (TPSA) is 124 Å². The third kappa shape index (κ3) is 4.70. The lowest BCUT2D eigenvalue weighted by Crippen LogP contribution is -2.34. The van der Waals surface area contributed by atoms with Gasteiger partial charge in [0.2, 0.25) is 0 Å². The summed E-state index contributed by atoms with van der Waals surface area (Å²) in [7, 11) is 1.22. The fraction of sp³-hybridized carbons (Fsp3) is 0.182. The maximum Gasteiger partial charge on any atom is 0.333 e. The number of aromatic nitrogens is 2. The van der Waals surface area contributed by atoms with Crippen molar-refractivity contribution in [1.82, 2.24) is 15.5 Å². The number of nitrogens with one attached hydrogen (secondary N) is 1. The van der Waals surface area contributed by atoms with Crippen LogP contribution in [0.4, 0.5) is 0 Å². The number of benzene rings is 2. The van der Waals surface area contributed by atoms with Gasteiger partial charge in [-0.1, -0.05) is 17.3 Å². The van der Waals surface area contributed by atoms with Crippen molar-refractivity contribution in [2.45, 2.75) is 19.6 Å². The summed E-state index contributed by atoms with van der Waals surface area (Å²) >= 11 is 1.60. The van der Waals surface area contributed by atoms with E-state index in [9.17, 15) is 14.7 Å². The average Bonchev–Trinajstić information content (AvgIpc) is 3.41. The molecule has 0 aliphatic rings. The molecule has 0 saturated carbocycles. The number of esters is 1. The van der Waals surface area contributed by atoms with Gasteiger partial charge in [-0.3, -0.25) is 4.79 Å². The third-order valence-electron chi connectivity index (χ3n) is 4.58. The summed E-state index contributed by atoms with van der Waals surface area (Å²) < 4.78 is 16.8. The molecule has 1 atom stereocenters. The van der Waals surface area contributed by atoms with Crippen molar-refractivity contribution in [3.63, 3.8) is 0 Å². The predicted molar refractivity (Wildman–Crippen MR) is 116 cm³/mol. The molecule has 0 aliphatic carbocycles. The highest BCUT2D eigenvalue weighted by atomic mass is 32.1. The summed E-state index contributed by atoms with van der Waals surface area (Å²) in [5.41, 5.74) is 1.29. The minimum Gasteiger partial charge on any atom is -0.508 e. The van der Waals surface area contributed by atoms with E-state index >= 15 is 0 Å². The van der Waals surface area contributed by atoms with Crippen LogP contribution in [0.3, 0.4) is 0 Å². The van der Waals surface area contributed by atoms with Crippen LogP contribution < -0.4 is 10.1 Å². The molecule has 0 unspecified atom stereocenters. The molecule has 164 valence electrons. The number of thiazole rings is 1. The van der Waals surface area contributed by atoms with Crippen molar-refractivity contribution in [2.24, 2.45) is 0 Å². The molecule has 32 heavy (non-hydrogen) atoms. The standard InChI is InChI=1S/C22H19N3O6S/c1-12-23-17-9-15(7-8-19(17)32-12)30-11-16-10-18(25-31-16)21(27)24-20(22(28)29-2)13-3-5-14(26)6-4-13/h3-10,20,26H,11H2,1-2H3,(H,24,27)/t20-/m0/s1. The largest absolute Gasteiger partial charge is 0.508 e.